The van der Waals surface area contributed by atoms with E-state index in [1.54, 1.807) is 24.3 Å². The summed E-state index contributed by atoms with van der Waals surface area (Å²) in [6.07, 6.45) is 2.20. The smallest absolute Gasteiger partial charge is 0.152 e. The van der Waals surface area contributed by atoms with Crippen LogP contribution in [0.2, 0.25) is 15.1 Å². The van der Waals surface area contributed by atoms with E-state index in [2.05, 4.69) is 4.98 Å². The predicted octanol–water partition coefficient (Wildman–Crippen LogP) is 5.31. The zero-order chi connectivity index (χ0) is 15.1. The molecule has 3 rings (SSSR count). The van der Waals surface area contributed by atoms with Crippen molar-refractivity contribution in [2.45, 2.75) is 0 Å². The Morgan fingerprint density at radius 2 is 1.76 bits per heavy atom. The minimum absolute atomic E-state index is 0.0677. The molecule has 2 N–H and O–H groups in total. The molecule has 0 aliphatic carbocycles. The van der Waals surface area contributed by atoms with Crippen LogP contribution in [0.5, 0.6) is 5.75 Å². The van der Waals surface area contributed by atoms with E-state index in [1.165, 1.54) is 6.20 Å². The summed E-state index contributed by atoms with van der Waals surface area (Å²) in [6.45, 7) is 0. The molecule has 0 aliphatic rings. The normalized spacial score (nSPS) is 11.0. The van der Waals surface area contributed by atoms with Crippen molar-refractivity contribution in [2.75, 3.05) is 0 Å². The van der Waals surface area contributed by atoms with Crippen LogP contribution in [-0.2, 0) is 0 Å². The third-order valence-corrected chi connectivity index (χ3v) is 4.41. The number of carbonyl (C=O) groups is 1. The van der Waals surface area contributed by atoms with E-state index in [0.717, 1.165) is 0 Å². The van der Waals surface area contributed by atoms with Gasteiger partial charge in [0.1, 0.15) is 5.75 Å². The average molecular weight is 341 g/mol. The summed E-state index contributed by atoms with van der Waals surface area (Å²) in [6, 6.07) is 6.60. The van der Waals surface area contributed by atoms with Gasteiger partial charge in [0.15, 0.2) is 6.29 Å². The molecule has 1 aromatic heterocycles. The summed E-state index contributed by atoms with van der Waals surface area (Å²) in [5.41, 5.74) is 1.86. The molecule has 0 radical (unpaired) electrons. The standard InChI is InChI=1S/C15H8Cl3NO2/c16-9-2-3-10(17)14(18)13(9)8-1-4-11-12(15(8)21)7(6-20)5-19-11/h1-6,19,21H. The number of phenolic OH excluding ortho intramolecular Hbond substituents is 1. The molecule has 0 aliphatic heterocycles. The fourth-order valence-electron chi connectivity index (χ4n) is 2.30. The molecule has 1 heterocycles. The number of aromatic amines is 1. The topological polar surface area (TPSA) is 53.1 Å². The highest BCUT2D eigenvalue weighted by atomic mass is 35.5. The Balaban J connectivity index is 2.39. The molecule has 0 atom stereocenters. The van der Waals surface area contributed by atoms with E-state index in [-0.39, 0.29) is 10.8 Å². The lowest BCUT2D eigenvalue weighted by Gasteiger charge is -2.11. The number of hydrogen-bond donors (Lipinski definition) is 2. The van der Waals surface area contributed by atoms with Crippen LogP contribution in [0, 0.1) is 0 Å². The maximum absolute atomic E-state index is 11.1. The Morgan fingerprint density at radius 1 is 1.05 bits per heavy atom. The monoisotopic (exact) mass is 339 g/mol. The summed E-state index contributed by atoms with van der Waals surface area (Å²) in [5, 5.41) is 11.9. The third kappa shape index (κ3) is 2.18. The van der Waals surface area contributed by atoms with Crippen LogP contribution < -0.4 is 0 Å². The number of fused-ring (bicyclic) bond motifs is 1. The number of hydrogen-bond acceptors (Lipinski definition) is 2. The molecule has 3 aromatic rings. The number of phenols is 1. The van der Waals surface area contributed by atoms with Gasteiger partial charge in [-0.15, -0.1) is 0 Å². The van der Waals surface area contributed by atoms with Crippen LogP contribution in [0.4, 0.5) is 0 Å². The summed E-state index contributed by atoms with van der Waals surface area (Å²) >= 11 is 18.4. The number of aldehydes is 1. The van der Waals surface area contributed by atoms with Crippen molar-refractivity contribution in [3.63, 3.8) is 0 Å². The molecule has 0 amide bonds. The van der Waals surface area contributed by atoms with Crippen LogP contribution in [-0.4, -0.2) is 16.4 Å². The lowest BCUT2D eigenvalue weighted by atomic mass is 10.0. The molecule has 21 heavy (non-hydrogen) atoms. The van der Waals surface area contributed by atoms with E-state index in [0.29, 0.717) is 43.9 Å². The number of aromatic nitrogens is 1. The first kappa shape index (κ1) is 14.3. The molecule has 106 valence electrons. The molecule has 0 bridgehead atoms. The first-order valence-electron chi connectivity index (χ1n) is 5.96. The van der Waals surface area contributed by atoms with Crippen LogP contribution in [0.1, 0.15) is 10.4 Å². The third-order valence-electron chi connectivity index (χ3n) is 3.29. The molecule has 3 nitrogen and oxygen atoms in total. The van der Waals surface area contributed by atoms with E-state index < -0.39 is 0 Å². The highest BCUT2D eigenvalue weighted by Crippen LogP contribution is 2.45. The molecule has 6 heteroatoms. The Bertz CT molecular complexity index is 871. The second kappa shape index (κ2) is 5.26. The van der Waals surface area contributed by atoms with E-state index in [1.807, 2.05) is 0 Å². The lowest BCUT2D eigenvalue weighted by Crippen LogP contribution is -1.86. The van der Waals surface area contributed by atoms with Crippen LogP contribution >= 0.6 is 34.8 Å². The van der Waals surface area contributed by atoms with Crippen molar-refractivity contribution < 1.29 is 9.90 Å². The van der Waals surface area contributed by atoms with Gasteiger partial charge in [-0.2, -0.15) is 0 Å². The van der Waals surface area contributed by atoms with Crippen LogP contribution in [0.15, 0.2) is 30.5 Å². The van der Waals surface area contributed by atoms with Gasteiger partial charge < -0.3 is 10.1 Å². The number of H-pyrrole nitrogens is 1. The van der Waals surface area contributed by atoms with Gasteiger partial charge in [0.05, 0.1) is 20.5 Å². The first-order chi connectivity index (χ1) is 10.0. The number of nitrogens with one attached hydrogen (secondary N) is 1. The zero-order valence-corrected chi connectivity index (χ0v) is 12.7. The minimum Gasteiger partial charge on any atom is -0.507 e. The first-order valence-corrected chi connectivity index (χ1v) is 7.10. The van der Waals surface area contributed by atoms with Crippen molar-refractivity contribution in [1.29, 1.82) is 0 Å². The molecule has 2 aromatic carbocycles. The van der Waals surface area contributed by atoms with Gasteiger partial charge >= 0.3 is 0 Å². The Hall–Kier alpha value is -1.68. The summed E-state index contributed by atoms with van der Waals surface area (Å²) in [4.78, 5) is 14.0. The van der Waals surface area contributed by atoms with Crippen molar-refractivity contribution in [1.82, 2.24) is 4.98 Å². The van der Waals surface area contributed by atoms with Gasteiger partial charge in [-0.3, -0.25) is 4.79 Å². The number of halogens is 3. The van der Waals surface area contributed by atoms with Gasteiger partial charge in [-0.1, -0.05) is 34.8 Å². The second-order valence-corrected chi connectivity index (χ2v) is 5.66. The van der Waals surface area contributed by atoms with Gasteiger partial charge in [0.25, 0.3) is 0 Å². The predicted molar refractivity (Wildman–Crippen MR) is 85.8 cm³/mol. The van der Waals surface area contributed by atoms with E-state index in [4.69, 9.17) is 34.8 Å². The van der Waals surface area contributed by atoms with Crippen LogP contribution in [0.3, 0.4) is 0 Å². The van der Waals surface area contributed by atoms with Gasteiger partial charge in [0, 0.05) is 28.4 Å². The summed E-state index contributed by atoms with van der Waals surface area (Å²) in [5.74, 6) is -0.0677. The zero-order valence-electron chi connectivity index (χ0n) is 10.5. The summed E-state index contributed by atoms with van der Waals surface area (Å²) < 4.78 is 0. The second-order valence-electron chi connectivity index (χ2n) is 4.46. The molecular weight excluding hydrogens is 333 g/mol. The Kier molecular flexibility index (Phi) is 3.57. The molecule has 0 fully saturated rings. The van der Waals surface area contributed by atoms with E-state index in [9.17, 15) is 9.90 Å². The highest BCUT2D eigenvalue weighted by molar-refractivity contribution is 6.46. The van der Waals surface area contributed by atoms with Crippen molar-refractivity contribution in [3.05, 3.63) is 51.1 Å². The number of benzene rings is 2. The van der Waals surface area contributed by atoms with Crippen LogP contribution in [0.25, 0.3) is 22.0 Å². The van der Waals surface area contributed by atoms with Gasteiger partial charge in [-0.05, 0) is 24.3 Å². The number of carbonyl (C=O) groups excluding carboxylic acids is 1. The lowest BCUT2D eigenvalue weighted by molar-refractivity contribution is 0.112. The molecule has 0 saturated heterocycles. The quantitative estimate of drug-likeness (QED) is 0.490. The maximum Gasteiger partial charge on any atom is 0.152 e. The minimum atomic E-state index is -0.0677. The van der Waals surface area contributed by atoms with E-state index >= 15 is 0 Å². The van der Waals surface area contributed by atoms with Gasteiger partial charge in [-0.25, -0.2) is 0 Å². The molecule has 0 unspecified atom stereocenters. The maximum atomic E-state index is 11.1. The Morgan fingerprint density at radius 3 is 2.48 bits per heavy atom. The fraction of sp³-hybridized carbons (Fsp3) is 0. The Labute approximate surface area is 135 Å². The summed E-state index contributed by atoms with van der Waals surface area (Å²) in [7, 11) is 0. The molecule has 0 spiro atoms. The van der Waals surface area contributed by atoms with Crippen molar-refractivity contribution >= 4 is 52.0 Å². The highest BCUT2D eigenvalue weighted by Gasteiger charge is 2.18. The fourth-order valence-corrected chi connectivity index (χ4v) is 3.03. The van der Waals surface area contributed by atoms with Crippen molar-refractivity contribution in [2.24, 2.45) is 0 Å². The SMILES string of the molecule is O=Cc1c[nH]c2ccc(-c3c(Cl)ccc(Cl)c3Cl)c(O)c12. The molecular formula is C15H8Cl3NO2. The number of aromatic hydroxyl groups is 1. The molecule has 0 saturated carbocycles. The van der Waals surface area contributed by atoms with Gasteiger partial charge in [0.2, 0.25) is 0 Å². The average Bonchev–Trinajstić information content (AvgIpc) is 2.89. The number of rotatable bonds is 2. The van der Waals surface area contributed by atoms with Crippen molar-refractivity contribution in [3.8, 4) is 16.9 Å². The largest absolute Gasteiger partial charge is 0.507 e.